The van der Waals surface area contributed by atoms with Gasteiger partial charge in [0.1, 0.15) is 5.01 Å². The van der Waals surface area contributed by atoms with Crippen LogP contribution in [-0.4, -0.2) is 4.98 Å². The minimum absolute atomic E-state index is 0.754. The van der Waals surface area contributed by atoms with E-state index in [-0.39, 0.29) is 0 Å². The molecule has 4 heteroatoms. The molecule has 0 radical (unpaired) electrons. The van der Waals surface area contributed by atoms with Gasteiger partial charge in [-0.2, -0.15) is 0 Å². The summed E-state index contributed by atoms with van der Waals surface area (Å²) in [6.07, 6.45) is 0. The molecule has 0 saturated carbocycles. The Kier molecular flexibility index (Phi) is 2.97. The lowest BCUT2D eigenvalue weighted by molar-refractivity contribution is 1.42. The molecule has 1 nitrogen and oxygen atoms in total. The average molecular weight is 278 g/mol. The van der Waals surface area contributed by atoms with Gasteiger partial charge in [-0.25, -0.2) is 4.98 Å². The summed E-state index contributed by atoms with van der Waals surface area (Å²) in [7, 11) is 0. The van der Waals surface area contributed by atoms with E-state index in [1.165, 1.54) is 4.88 Å². The minimum Gasteiger partial charge on any atom is -0.235 e. The van der Waals surface area contributed by atoms with Crippen molar-refractivity contribution in [3.05, 3.63) is 52.2 Å². The number of benzene rings is 1. The second kappa shape index (κ2) is 4.61. The zero-order valence-corrected chi connectivity index (χ0v) is 11.1. The van der Waals surface area contributed by atoms with Crippen molar-refractivity contribution in [3.63, 3.8) is 0 Å². The predicted molar refractivity (Wildman–Crippen MR) is 75.9 cm³/mol. The van der Waals surface area contributed by atoms with E-state index in [1.807, 2.05) is 30.3 Å². The third kappa shape index (κ3) is 2.27. The highest BCUT2D eigenvalue weighted by molar-refractivity contribution is 7.15. The van der Waals surface area contributed by atoms with Crippen molar-refractivity contribution in [2.24, 2.45) is 0 Å². The monoisotopic (exact) mass is 277 g/mol. The van der Waals surface area contributed by atoms with E-state index in [2.05, 4.69) is 21.8 Å². The smallest absolute Gasteiger partial charge is 0.124 e. The quantitative estimate of drug-likeness (QED) is 0.628. The largest absolute Gasteiger partial charge is 0.235 e. The van der Waals surface area contributed by atoms with Crippen LogP contribution in [-0.2, 0) is 0 Å². The lowest BCUT2D eigenvalue weighted by Crippen LogP contribution is -1.76. The van der Waals surface area contributed by atoms with Crippen molar-refractivity contribution in [1.82, 2.24) is 4.98 Å². The molecular weight excluding hydrogens is 270 g/mol. The van der Waals surface area contributed by atoms with Gasteiger partial charge in [-0.15, -0.1) is 22.7 Å². The van der Waals surface area contributed by atoms with Crippen LogP contribution in [0.4, 0.5) is 0 Å². The summed E-state index contributed by atoms with van der Waals surface area (Å²) in [5.74, 6) is 0. The number of rotatable bonds is 2. The van der Waals surface area contributed by atoms with Gasteiger partial charge in [0.25, 0.3) is 0 Å². The molecule has 0 bridgehead atoms. The standard InChI is InChI=1S/C13H8ClNS2/c14-10-5-3-9(4-6-10)13-15-11(8-17-13)12-2-1-7-16-12/h1-8H. The maximum atomic E-state index is 5.87. The van der Waals surface area contributed by atoms with E-state index in [1.54, 1.807) is 22.7 Å². The molecule has 0 spiro atoms. The summed E-state index contributed by atoms with van der Waals surface area (Å²) >= 11 is 9.24. The molecule has 3 aromatic rings. The number of nitrogens with zero attached hydrogens (tertiary/aromatic N) is 1. The van der Waals surface area contributed by atoms with Crippen molar-refractivity contribution < 1.29 is 0 Å². The SMILES string of the molecule is Clc1ccc(-c2nc(-c3cccs3)cs2)cc1. The number of aromatic nitrogens is 1. The zero-order valence-electron chi connectivity index (χ0n) is 8.76. The highest BCUT2D eigenvalue weighted by atomic mass is 35.5. The molecule has 1 aromatic carbocycles. The van der Waals surface area contributed by atoms with Crippen molar-refractivity contribution in [2.45, 2.75) is 0 Å². The Morgan fingerprint density at radius 1 is 1.00 bits per heavy atom. The molecule has 2 heterocycles. The van der Waals surface area contributed by atoms with Gasteiger partial charge in [-0.05, 0) is 23.6 Å². The second-order valence-electron chi connectivity index (χ2n) is 3.52. The fourth-order valence-electron chi connectivity index (χ4n) is 1.54. The summed E-state index contributed by atoms with van der Waals surface area (Å²) < 4.78 is 0. The lowest BCUT2D eigenvalue weighted by atomic mass is 10.2. The highest BCUT2D eigenvalue weighted by Gasteiger charge is 2.06. The first kappa shape index (κ1) is 11.0. The molecular formula is C13H8ClNS2. The maximum Gasteiger partial charge on any atom is 0.124 e. The van der Waals surface area contributed by atoms with E-state index in [4.69, 9.17) is 11.6 Å². The summed E-state index contributed by atoms with van der Waals surface area (Å²) in [5.41, 5.74) is 2.16. The van der Waals surface area contributed by atoms with Crippen LogP contribution < -0.4 is 0 Å². The Morgan fingerprint density at radius 2 is 1.82 bits per heavy atom. The van der Waals surface area contributed by atoms with Crippen LogP contribution in [0.15, 0.2) is 47.2 Å². The van der Waals surface area contributed by atoms with E-state index in [0.29, 0.717) is 0 Å². The number of halogens is 1. The van der Waals surface area contributed by atoms with Crippen molar-refractivity contribution in [2.75, 3.05) is 0 Å². The van der Waals surface area contributed by atoms with Crippen LogP contribution in [0.25, 0.3) is 21.1 Å². The van der Waals surface area contributed by atoms with Gasteiger partial charge >= 0.3 is 0 Å². The number of hydrogen-bond acceptors (Lipinski definition) is 3. The fraction of sp³-hybridized carbons (Fsp3) is 0. The van der Waals surface area contributed by atoms with Crippen molar-refractivity contribution in [1.29, 1.82) is 0 Å². The third-order valence-electron chi connectivity index (χ3n) is 2.37. The van der Waals surface area contributed by atoms with Crippen LogP contribution in [0.3, 0.4) is 0 Å². The molecule has 0 aliphatic carbocycles. The molecule has 0 unspecified atom stereocenters. The normalized spacial score (nSPS) is 10.6. The van der Waals surface area contributed by atoms with Gasteiger partial charge < -0.3 is 0 Å². The van der Waals surface area contributed by atoms with E-state index >= 15 is 0 Å². The summed E-state index contributed by atoms with van der Waals surface area (Å²) in [6, 6.07) is 11.9. The maximum absolute atomic E-state index is 5.87. The Hall–Kier alpha value is -1.16. The zero-order chi connectivity index (χ0) is 11.7. The van der Waals surface area contributed by atoms with E-state index in [9.17, 15) is 0 Å². The molecule has 0 amide bonds. The fourth-order valence-corrected chi connectivity index (χ4v) is 3.25. The summed E-state index contributed by atoms with van der Waals surface area (Å²) in [5, 5.41) is 5.95. The topological polar surface area (TPSA) is 12.9 Å². The lowest BCUT2D eigenvalue weighted by Gasteiger charge is -1.95. The Balaban J connectivity index is 1.98. The van der Waals surface area contributed by atoms with Crippen molar-refractivity contribution >= 4 is 34.3 Å². The number of thiophene rings is 1. The van der Waals surface area contributed by atoms with E-state index in [0.717, 1.165) is 21.3 Å². The van der Waals surface area contributed by atoms with Crippen LogP contribution in [0.2, 0.25) is 5.02 Å². The van der Waals surface area contributed by atoms with Gasteiger partial charge in [-0.3, -0.25) is 0 Å². The second-order valence-corrected chi connectivity index (χ2v) is 5.76. The van der Waals surface area contributed by atoms with Crippen molar-refractivity contribution in [3.8, 4) is 21.1 Å². The molecule has 0 N–H and O–H groups in total. The predicted octanol–water partition coefficient (Wildman–Crippen LogP) is 5.19. The molecule has 0 saturated heterocycles. The van der Waals surface area contributed by atoms with Crippen LogP contribution >= 0.6 is 34.3 Å². The average Bonchev–Trinajstić information content (AvgIpc) is 3.00. The highest BCUT2D eigenvalue weighted by Crippen LogP contribution is 2.31. The van der Waals surface area contributed by atoms with Gasteiger partial charge in [0, 0.05) is 16.0 Å². The molecule has 0 fully saturated rings. The Labute approximate surface area is 112 Å². The minimum atomic E-state index is 0.754. The number of thiazole rings is 1. The van der Waals surface area contributed by atoms with Gasteiger partial charge in [0.15, 0.2) is 0 Å². The van der Waals surface area contributed by atoms with Gasteiger partial charge in [-0.1, -0.05) is 29.8 Å². The van der Waals surface area contributed by atoms with Crippen LogP contribution in [0.5, 0.6) is 0 Å². The van der Waals surface area contributed by atoms with Gasteiger partial charge in [0.05, 0.1) is 10.6 Å². The first-order chi connectivity index (χ1) is 8.33. The number of hydrogen-bond donors (Lipinski definition) is 0. The Morgan fingerprint density at radius 3 is 2.53 bits per heavy atom. The summed E-state index contributed by atoms with van der Waals surface area (Å²) in [6.45, 7) is 0. The van der Waals surface area contributed by atoms with Gasteiger partial charge in [0.2, 0.25) is 0 Å². The molecule has 2 aromatic heterocycles. The van der Waals surface area contributed by atoms with E-state index < -0.39 is 0 Å². The molecule has 0 aliphatic rings. The first-order valence-electron chi connectivity index (χ1n) is 5.08. The summed E-state index contributed by atoms with van der Waals surface area (Å²) in [4.78, 5) is 5.85. The molecule has 0 aliphatic heterocycles. The van der Waals surface area contributed by atoms with Crippen LogP contribution in [0.1, 0.15) is 0 Å². The third-order valence-corrected chi connectivity index (χ3v) is 4.40. The molecule has 84 valence electrons. The molecule has 17 heavy (non-hydrogen) atoms. The van der Waals surface area contributed by atoms with Crippen LogP contribution in [0, 0.1) is 0 Å². The molecule has 0 atom stereocenters. The first-order valence-corrected chi connectivity index (χ1v) is 7.22. The molecule has 3 rings (SSSR count). The Bertz CT molecular complexity index is 611.